The Bertz CT molecular complexity index is 541. The van der Waals surface area contributed by atoms with E-state index in [2.05, 4.69) is 29.2 Å². The first-order valence-corrected chi connectivity index (χ1v) is 5.35. The minimum absolute atomic E-state index is 1.04. The molecule has 1 heterocycles. The van der Waals surface area contributed by atoms with Gasteiger partial charge in [0.15, 0.2) is 0 Å². The van der Waals surface area contributed by atoms with Crippen LogP contribution in [0.2, 0.25) is 0 Å². The smallest absolute Gasteiger partial charge is 0.0716 e. The van der Waals surface area contributed by atoms with Gasteiger partial charge in [-0.1, -0.05) is 54.6 Å². The minimum atomic E-state index is 1.04. The van der Waals surface area contributed by atoms with E-state index >= 15 is 0 Å². The van der Waals surface area contributed by atoms with Gasteiger partial charge in [0, 0.05) is 11.1 Å². The summed E-state index contributed by atoms with van der Waals surface area (Å²) >= 11 is 0. The zero-order valence-corrected chi connectivity index (χ0v) is 8.80. The average Bonchev–Trinajstić information content (AvgIpc) is 2.62. The largest absolute Gasteiger partial charge is 0.248 e. The molecule has 0 unspecified atom stereocenters. The summed E-state index contributed by atoms with van der Waals surface area (Å²) in [7, 11) is 0. The van der Waals surface area contributed by atoms with Gasteiger partial charge in [-0.05, 0) is 12.1 Å². The van der Waals surface area contributed by atoms with Gasteiger partial charge in [0.05, 0.1) is 11.4 Å². The summed E-state index contributed by atoms with van der Waals surface area (Å²) in [6.07, 6.45) is 0. The summed E-state index contributed by atoms with van der Waals surface area (Å²) in [5, 5.41) is 0. The maximum absolute atomic E-state index is 4.62. The Labute approximate surface area is 94.7 Å². The predicted octanol–water partition coefficient (Wildman–Crippen LogP) is 3.85. The zero-order valence-electron chi connectivity index (χ0n) is 8.80. The fraction of sp³-hybridized carbons (Fsp3) is 0. The summed E-state index contributed by atoms with van der Waals surface area (Å²) in [6, 6.07) is 22.6. The highest BCUT2D eigenvalue weighted by Crippen LogP contribution is 2.27. The van der Waals surface area contributed by atoms with E-state index in [1.165, 1.54) is 11.1 Å². The van der Waals surface area contributed by atoms with Crippen LogP contribution in [0.15, 0.2) is 66.7 Å². The SMILES string of the molecule is c1ccc(-c2cc3cccccc-3n2)cc1. The standard InChI is InChI=1S/C15H11N/c1-3-7-12(8-4-1)15-11-13-9-5-2-6-10-14(13)16-15/h1-11H. The Morgan fingerprint density at radius 1 is 0.562 bits per heavy atom. The fourth-order valence-electron chi connectivity index (χ4n) is 1.84. The van der Waals surface area contributed by atoms with Gasteiger partial charge in [-0.3, -0.25) is 0 Å². The molecule has 1 aromatic carbocycles. The third-order valence-electron chi connectivity index (χ3n) is 2.65. The number of benzene rings is 1. The monoisotopic (exact) mass is 205 g/mol. The van der Waals surface area contributed by atoms with Gasteiger partial charge in [0.2, 0.25) is 0 Å². The number of rotatable bonds is 1. The molecule has 16 heavy (non-hydrogen) atoms. The molecular weight excluding hydrogens is 194 g/mol. The number of nitrogens with zero attached hydrogens (tertiary/aromatic N) is 1. The van der Waals surface area contributed by atoms with Crippen molar-refractivity contribution in [2.75, 3.05) is 0 Å². The number of fused-ring (bicyclic) bond motifs is 1. The number of hydrogen-bond donors (Lipinski definition) is 0. The summed E-state index contributed by atoms with van der Waals surface area (Å²) in [4.78, 5) is 4.62. The van der Waals surface area contributed by atoms with Crippen molar-refractivity contribution in [1.29, 1.82) is 0 Å². The molecule has 0 radical (unpaired) electrons. The molecule has 3 rings (SSSR count). The third kappa shape index (κ3) is 1.57. The van der Waals surface area contributed by atoms with E-state index in [1.54, 1.807) is 0 Å². The van der Waals surface area contributed by atoms with E-state index in [4.69, 9.17) is 0 Å². The topological polar surface area (TPSA) is 12.9 Å². The van der Waals surface area contributed by atoms with E-state index in [0.717, 1.165) is 11.4 Å². The molecule has 1 nitrogen and oxygen atoms in total. The molecule has 0 saturated heterocycles. The molecule has 76 valence electrons. The molecule has 0 aromatic heterocycles. The van der Waals surface area contributed by atoms with Crippen molar-refractivity contribution in [3.63, 3.8) is 0 Å². The quantitative estimate of drug-likeness (QED) is 0.588. The van der Waals surface area contributed by atoms with Crippen molar-refractivity contribution < 1.29 is 0 Å². The predicted molar refractivity (Wildman–Crippen MR) is 66.3 cm³/mol. The Balaban J connectivity index is 2.18. The van der Waals surface area contributed by atoms with Crippen LogP contribution < -0.4 is 0 Å². The summed E-state index contributed by atoms with van der Waals surface area (Å²) in [5.74, 6) is 0. The maximum atomic E-state index is 4.62. The van der Waals surface area contributed by atoms with E-state index in [9.17, 15) is 0 Å². The van der Waals surface area contributed by atoms with Crippen LogP contribution in [0.3, 0.4) is 0 Å². The number of hydrogen-bond acceptors (Lipinski definition) is 1. The van der Waals surface area contributed by atoms with Crippen molar-refractivity contribution in [2.24, 2.45) is 0 Å². The highest BCUT2D eigenvalue weighted by Gasteiger charge is 2.07. The van der Waals surface area contributed by atoms with Crippen LogP contribution in [-0.4, -0.2) is 4.98 Å². The van der Waals surface area contributed by atoms with Gasteiger partial charge in [-0.25, -0.2) is 4.98 Å². The van der Waals surface area contributed by atoms with E-state index < -0.39 is 0 Å². The average molecular weight is 205 g/mol. The van der Waals surface area contributed by atoms with E-state index in [0.29, 0.717) is 0 Å². The first-order valence-electron chi connectivity index (χ1n) is 5.35. The van der Waals surface area contributed by atoms with Crippen molar-refractivity contribution in [1.82, 2.24) is 4.98 Å². The molecule has 0 saturated carbocycles. The molecule has 0 fully saturated rings. The maximum Gasteiger partial charge on any atom is 0.0716 e. The molecule has 2 aliphatic rings. The molecule has 0 atom stereocenters. The lowest BCUT2D eigenvalue weighted by Crippen LogP contribution is -1.74. The molecular formula is C15H11N. The lowest BCUT2D eigenvalue weighted by Gasteiger charge is -1.93. The van der Waals surface area contributed by atoms with Crippen molar-refractivity contribution in [2.45, 2.75) is 0 Å². The molecule has 1 aromatic rings. The van der Waals surface area contributed by atoms with Gasteiger partial charge in [0.25, 0.3) is 0 Å². The van der Waals surface area contributed by atoms with Gasteiger partial charge >= 0.3 is 0 Å². The lowest BCUT2D eigenvalue weighted by atomic mass is 10.1. The first-order chi connectivity index (χ1) is 7.93. The molecule has 0 amide bonds. The number of aromatic nitrogens is 1. The van der Waals surface area contributed by atoms with Crippen LogP contribution in [0.1, 0.15) is 0 Å². The van der Waals surface area contributed by atoms with Crippen LogP contribution in [0.5, 0.6) is 0 Å². The second-order valence-electron chi connectivity index (χ2n) is 3.76. The Hall–Kier alpha value is -2.15. The molecule has 1 heteroatoms. The van der Waals surface area contributed by atoms with Gasteiger partial charge in [-0.15, -0.1) is 0 Å². The van der Waals surface area contributed by atoms with Crippen LogP contribution in [-0.2, 0) is 0 Å². The van der Waals surface area contributed by atoms with Crippen LogP contribution in [0, 0.1) is 0 Å². The van der Waals surface area contributed by atoms with Crippen LogP contribution >= 0.6 is 0 Å². The molecule has 0 N–H and O–H groups in total. The second-order valence-corrected chi connectivity index (χ2v) is 3.76. The first kappa shape index (κ1) is 9.10. The van der Waals surface area contributed by atoms with Crippen molar-refractivity contribution in [3.8, 4) is 22.5 Å². The third-order valence-corrected chi connectivity index (χ3v) is 2.65. The van der Waals surface area contributed by atoms with Gasteiger partial charge in [0.1, 0.15) is 0 Å². The van der Waals surface area contributed by atoms with E-state index in [-0.39, 0.29) is 0 Å². The molecule has 0 spiro atoms. The highest BCUT2D eigenvalue weighted by atomic mass is 14.7. The van der Waals surface area contributed by atoms with Crippen LogP contribution in [0.25, 0.3) is 22.5 Å². The van der Waals surface area contributed by atoms with Crippen molar-refractivity contribution in [3.05, 3.63) is 66.7 Å². The Morgan fingerprint density at radius 3 is 1.94 bits per heavy atom. The minimum Gasteiger partial charge on any atom is -0.248 e. The van der Waals surface area contributed by atoms with Crippen LogP contribution in [0.4, 0.5) is 0 Å². The van der Waals surface area contributed by atoms with Gasteiger partial charge in [-0.2, -0.15) is 0 Å². The Kier molecular flexibility index (Phi) is 2.15. The normalized spacial score (nSPS) is 10.5. The van der Waals surface area contributed by atoms with Crippen molar-refractivity contribution >= 4 is 0 Å². The zero-order chi connectivity index (χ0) is 10.8. The van der Waals surface area contributed by atoms with E-state index in [1.807, 2.05) is 42.5 Å². The molecule has 0 bridgehead atoms. The lowest BCUT2D eigenvalue weighted by molar-refractivity contribution is 1.40. The summed E-state index contributed by atoms with van der Waals surface area (Å²) in [5.41, 5.74) is 4.44. The molecule has 1 aliphatic heterocycles. The Morgan fingerprint density at radius 2 is 1.19 bits per heavy atom. The fourth-order valence-corrected chi connectivity index (χ4v) is 1.84. The van der Waals surface area contributed by atoms with Gasteiger partial charge < -0.3 is 0 Å². The molecule has 1 aliphatic carbocycles. The summed E-state index contributed by atoms with van der Waals surface area (Å²) in [6.45, 7) is 0. The second kappa shape index (κ2) is 3.78. The highest BCUT2D eigenvalue weighted by molar-refractivity contribution is 5.72. The summed E-state index contributed by atoms with van der Waals surface area (Å²) < 4.78 is 0.